The summed E-state index contributed by atoms with van der Waals surface area (Å²) in [5.74, 6) is 0.598. The van der Waals surface area contributed by atoms with Crippen molar-refractivity contribution in [2.75, 3.05) is 0 Å². The molecule has 3 atom stereocenters. The van der Waals surface area contributed by atoms with Gasteiger partial charge in [-0.2, -0.15) is 0 Å². The van der Waals surface area contributed by atoms with Gasteiger partial charge in [0.1, 0.15) is 0 Å². The van der Waals surface area contributed by atoms with Crippen molar-refractivity contribution >= 4 is 31.9 Å². The summed E-state index contributed by atoms with van der Waals surface area (Å²) in [5, 5.41) is 0. The Morgan fingerprint density at radius 2 is 1.90 bits per heavy atom. The zero-order valence-electron chi connectivity index (χ0n) is 12.7. The molecule has 0 aromatic heterocycles. The van der Waals surface area contributed by atoms with Crippen molar-refractivity contribution in [3.05, 3.63) is 35.9 Å². The van der Waals surface area contributed by atoms with Crippen LogP contribution in [0, 0.1) is 6.07 Å². The van der Waals surface area contributed by atoms with Crippen molar-refractivity contribution in [3.63, 3.8) is 0 Å². The largest absolute Gasteiger partial charge is 0.0893 e. The predicted octanol–water partition coefficient (Wildman–Crippen LogP) is 6.87. The minimum Gasteiger partial charge on any atom is -0.0893 e. The van der Waals surface area contributed by atoms with Crippen LogP contribution in [0.4, 0.5) is 0 Å². The summed E-state index contributed by atoms with van der Waals surface area (Å²) in [6.07, 6.45) is 9.08. The van der Waals surface area contributed by atoms with Gasteiger partial charge in [0.2, 0.25) is 0 Å². The number of rotatable bonds is 10. The monoisotopic (exact) mass is 401 g/mol. The maximum Gasteiger partial charge on any atom is 0.0151 e. The topological polar surface area (TPSA) is 0 Å². The molecule has 0 aliphatic rings. The molecule has 1 aromatic carbocycles. The van der Waals surface area contributed by atoms with Gasteiger partial charge in [0, 0.05) is 9.65 Å². The summed E-state index contributed by atoms with van der Waals surface area (Å²) in [6.45, 7) is 4.50. The average Bonchev–Trinajstić information content (AvgIpc) is 2.43. The molecule has 1 aromatic rings. The molecule has 0 saturated heterocycles. The maximum absolute atomic E-state index is 3.89. The molecule has 3 unspecified atom stereocenters. The predicted molar refractivity (Wildman–Crippen MR) is 97.1 cm³/mol. The van der Waals surface area contributed by atoms with Crippen LogP contribution in [0.2, 0.25) is 0 Å². The highest BCUT2D eigenvalue weighted by Gasteiger charge is 2.18. The van der Waals surface area contributed by atoms with Crippen LogP contribution in [0.3, 0.4) is 0 Å². The molecule has 1 rings (SSSR count). The summed E-state index contributed by atoms with van der Waals surface area (Å²) in [4.78, 5) is 1.19. The number of hydrogen-bond acceptors (Lipinski definition) is 0. The molecule has 0 heterocycles. The standard InChI is InChI=1S/C18H27Br2/c1-3-4-5-9-12-18(20)14-17(13-15(2)19)16-10-7-6-8-11-16/h6-8,10,15,17-18H,3-5,9,12-14H2,1-2H3. The number of halogens is 2. The first-order chi connectivity index (χ1) is 9.63. The Balaban J connectivity index is 2.48. The van der Waals surface area contributed by atoms with Crippen LogP contribution in [0.15, 0.2) is 24.3 Å². The fourth-order valence-electron chi connectivity index (χ4n) is 2.62. The van der Waals surface area contributed by atoms with Gasteiger partial charge in [0.15, 0.2) is 0 Å². The number of unbranched alkanes of at least 4 members (excludes halogenated alkanes) is 3. The van der Waals surface area contributed by atoms with E-state index in [-0.39, 0.29) is 0 Å². The highest BCUT2D eigenvalue weighted by molar-refractivity contribution is 9.09. The summed E-state index contributed by atoms with van der Waals surface area (Å²) in [6, 6.07) is 11.8. The van der Waals surface area contributed by atoms with Crippen molar-refractivity contribution in [3.8, 4) is 0 Å². The van der Waals surface area contributed by atoms with E-state index in [4.69, 9.17) is 0 Å². The molecule has 0 saturated carbocycles. The van der Waals surface area contributed by atoms with E-state index in [0.717, 1.165) is 0 Å². The van der Waals surface area contributed by atoms with E-state index in [9.17, 15) is 0 Å². The van der Waals surface area contributed by atoms with Gasteiger partial charge in [-0.25, -0.2) is 0 Å². The molecule has 2 heteroatoms. The van der Waals surface area contributed by atoms with E-state index in [2.05, 4.69) is 70.0 Å². The van der Waals surface area contributed by atoms with Crippen LogP contribution < -0.4 is 0 Å². The molecule has 0 aliphatic heterocycles. The first-order valence-corrected chi connectivity index (χ1v) is 9.71. The van der Waals surface area contributed by atoms with Gasteiger partial charge in [0.25, 0.3) is 0 Å². The van der Waals surface area contributed by atoms with E-state index in [1.165, 1.54) is 50.5 Å². The third-order valence-corrected chi connectivity index (χ3v) is 4.90. The van der Waals surface area contributed by atoms with E-state index in [0.29, 0.717) is 15.6 Å². The second kappa shape index (κ2) is 10.8. The summed E-state index contributed by atoms with van der Waals surface area (Å²) >= 11 is 7.59. The van der Waals surface area contributed by atoms with Gasteiger partial charge < -0.3 is 0 Å². The Morgan fingerprint density at radius 1 is 1.10 bits per heavy atom. The Hall–Kier alpha value is 0.180. The molecular formula is C18H27Br2. The lowest BCUT2D eigenvalue weighted by atomic mass is 9.89. The first-order valence-electron chi connectivity index (χ1n) is 7.88. The fraction of sp³-hybridized carbons (Fsp3) is 0.667. The van der Waals surface area contributed by atoms with Crippen LogP contribution in [0.5, 0.6) is 0 Å². The molecule has 0 N–H and O–H groups in total. The zero-order valence-corrected chi connectivity index (χ0v) is 15.9. The normalized spacial score (nSPS) is 15.8. The number of hydrogen-bond donors (Lipinski definition) is 0. The SMILES string of the molecule is CCCCCCC(Br)CC(CC(C)Br)c1[c]cccc1. The van der Waals surface area contributed by atoms with Gasteiger partial charge in [-0.15, -0.1) is 0 Å². The molecule has 20 heavy (non-hydrogen) atoms. The number of alkyl halides is 2. The van der Waals surface area contributed by atoms with E-state index in [1.54, 1.807) is 0 Å². The van der Waals surface area contributed by atoms with Crippen molar-refractivity contribution in [1.29, 1.82) is 0 Å². The van der Waals surface area contributed by atoms with E-state index in [1.807, 2.05) is 6.07 Å². The lowest BCUT2D eigenvalue weighted by Crippen LogP contribution is -2.11. The third kappa shape index (κ3) is 7.83. The summed E-state index contributed by atoms with van der Waals surface area (Å²) < 4.78 is 0. The molecule has 113 valence electrons. The highest BCUT2D eigenvalue weighted by atomic mass is 79.9. The fourth-order valence-corrected chi connectivity index (χ4v) is 3.85. The molecule has 0 nitrogen and oxygen atoms in total. The zero-order chi connectivity index (χ0) is 14.8. The lowest BCUT2D eigenvalue weighted by molar-refractivity contribution is 0.531. The second-order valence-electron chi connectivity index (χ2n) is 5.71. The minimum atomic E-state index is 0.556. The highest BCUT2D eigenvalue weighted by Crippen LogP contribution is 2.32. The molecular weight excluding hydrogens is 376 g/mol. The smallest absolute Gasteiger partial charge is 0.0151 e. The third-order valence-electron chi connectivity index (χ3n) is 3.69. The van der Waals surface area contributed by atoms with Gasteiger partial charge >= 0.3 is 0 Å². The number of benzene rings is 1. The van der Waals surface area contributed by atoms with E-state index >= 15 is 0 Å². The Kier molecular flexibility index (Phi) is 9.88. The van der Waals surface area contributed by atoms with Crippen molar-refractivity contribution in [2.24, 2.45) is 0 Å². The Bertz CT molecular complexity index is 335. The van der Waals surface area contributed by atoms with Crippen LogP contribution in [0.25, 0.3) is 0 Å². The summed E-state index contributed by atoms with van der Waals surface area (Å²) in [7, 11) is 0. The Labute approximate surface area is 142 Å². The van der Waals surface area contributed by atoms with Crippen LogP contribution in [-0.2, 0) is 0 Å². The maximum atomic E-state index is 3.89. The van der Waals surface area contributed by atoms with Gasteiger partial charge in [0.05, 0.1) is 0 Å². The molecule has 0 bridgehead atoms. The summed E-state index contributed by atoms with van der Waals surface area (Å²) in [5.41, 5.74) is 1.36. The van der Waals surface area contributed by atoms with Crippen LogP contribution >= 0.6 is 31.9 Å². The van der Waals surface area contributed by atoms with E-state index < -0.39 is 0 Å². The molecule has 1 radical (unpaired) electrons. The average molecular weight is 403 g/mol. The van der Waals surface area contributed by atoms with Crippen molar-refractivity contribution < 1.29 is 0 Å². The Morgan fingerprint density at radius 3 is 2.50 bits per heavy atom. The van der Waals surface area contributed by atoms with Crippen LogP contribution in [0.1, 0.15) is 70.3 Å². The molecule has 0 spiro atoms. The molecule has 0 aliphatic carbocycles. The molecule has 0 amide bonds. The molecule has 0 fully saturated rings. The van der Waals surface area contributed by atoms with Gasteiger partial charge in [-0.3, -0.25) is 0 Å². The van der Waals surface area contributed by atoms with Crippen molar-refractivity contribution in [2.45, 2.75) is 74.4 Å². The second-order valence-corrected chi connectivity index (χ2v) is 8.57. The first kappa shape index (κ1) is 18.2. The lowest BCUT2D eigenvalue weighted by Gasteiger charge is -2.21. The van der Waals surface area contributed by atoms with Gasteiger partial charge in [-0.1, -0.05) is 95.7 Å². The van der Waals surface area contributed by atoms with Crippen molar-refractivity contribution in [1.82, 2.24) is 0 Å². The van der Waals surface area contributed by atoms with Gasteiger partial charge in [-0.05, 0) is 36.8 Å². The minimum absolute atomic E-state index is 0.556. The quantitative estimate of drug-likeness (QED) is 0.296. The van der Waals surface area contributed by atoms with Crippen LogP contribution in [-0.4, -0.2) is 9.65 Å².